The first kappa shape index (κ1) is 19.4. The van der Waals surface area contributed by atoms with Crippen molar-refractivity contribution in [2.45, 2.75) is 52.9 Å². The first-order valence-corrected chi connectivity index (χ1v) is 7.42. The molecule has 6 nitrogen and oxygen atoms in total. The van der Waals surface area contributed by atoms with Gasteiger partial charge in [0.25, 0.3) is 0 Å². The minimum atomic E-state index is -0.909. The summed E-state index contributed by atoms with van der Waals surface area (Å²) >= 11 is 0. The van der Waals surface area contributed by atoms with Gasteiger partial charge in [-0.15, -0.1) is 0 Å². The second-order valence-electron chi connectivity index (χ2n) is 5.16. The molecule has 2 atom stereocenters. The Balaban J connectivity index is 3.63. The molecule has 0 fully saturated rings. The fourth-order valence-electron chi connectivity index (χ4n) is 1.59. The maximum atomic E-state index is 11.7. The molecule has 0 aliphatic carbocycles. The molecule has 21 heavy (non-hydrogen) atoms. The van der Waals surface area contributed by atoms with Gasteiger partial charge in [0.1, 0.15) is 0 Å². The van der Waals surface area contributed by atoms with E-state index < -0.39 is 11.9 Å². The van der Waals surface area contributed by atoms with Crippen LogP contribution in [0.1, 0.15) is 52.9 Å². The standard InChI is InChI=1S/C15H26O6/c1-4-11(2)12(3)15(19)21-10-6-8-14(18)20-9-5-7-13(16)17/h11-12H,4-10H2,1-3H3,(H,16,17). The van der Waals surface area contributed by atoms with Gasteiger partial charge in [-0.1, -0.05) is 27.2 Å². The summed E-state index contributed by atoms with van der Waals surface area (Å²) in [5, 5.41) is 8.42. The Kier molecular flexibility index (Phi) is 10.3. The molecule has 0 heterocycles. The zero-order valence-electron chi connectivity index (χ0n) is 13.1. The number of carbonyl (C=O) groups is 3. The Morgan fingerprint density at radius 3 is 2.14 bits per heavy atom. The van der Waals surface area contributed by atoms with Crippen LogP contribution in [-0.4, -0.2) is 36.2 Å². The van der Waals surface area contributed by atoms with Gasteiger partial charge in [-0.2, -0.15) is 0 Å². The first-order chi connectivity index (χ1) is 9.88. The molecule has 1 N–H and O–H groups in total. The second-order valence-corrected chi connectivity index (χ2v) is 5.16. The lowest BCUT2D eigenvalue weighted by Crippen LogP contribution is -2.21. The zero-order chi connectivity index (χ0) is 16.3. The molecule has 0 bridgehead atoms. The Morgan fingerprint density at radius 2 is 1.57 bits per heavy atom. The van der Waals surface area contributed by atoms with Crippen LogP contribution < -0.4 is 0 Å². The fourth-order valence-corrected chi connectivity index (χ4v) is 1.59. The third-order valence-corrected chi connectivity index (χ3v) is 3.44. The van der Waals surface area contributed by atoms with E-state index in [1.54, 1.807) is 0 Å². The predicted octanol–water partition coefficient (Wildman–Crippen LogP) is 2.40. The summed E-state index contributed by atoms with van der Waals surface area (Å²) in [4.78, 5) is 33.2. The summed E-state index contributed by atoms with van der Waals surface area (Å²) in [5.74, 6) is -1.41. The van der Waals surface area contributed by atoms with Crippen molar-refractivity contribution in [2.75, 3.05) is 13.2 Å². The molecule has 0 aromatic heterocycles. The summed E-state index contributed by atoms with van der Waals surface area (Å²) in [6.07, 6.45) is 1.79. The average molecular weight is 302 g/mol. The fraction of sp³-hybridized carbons (Fsp3) is 0.800. The molecule has 2 unspecified atom stereocenters. The van der Waals surface area contributed by atoms with E-state index >= 15 is 0 Å². The van der Waals surface area contributed by atoms with Crippen molar-refractivity contribution in [3.63, 3.8) is 0 Å². The third-order valence-electron chi connectivity index (χ3n) is 3.44. The number of hydrogen-bond donors (Lipinski definition) is 1. The highest BCUT2D eigenvalue weighted by molar-refractivity contribution is 5.72. The van der Waals surface area contributed by atoms with Crippen LogP contribution in [-0.2, 0) is 23.9 Å². The molecule has 0 aliphatic rings. The number of hydrogen-bond acceptors (Lipinski definition) is 5. The van der Waals surface area contributed by atoms with Gasteiger partial charge >= 0.3 is 17.9 Å². The van der Waals surface area contributed by atoms with E-state index in [2.05, 4.69) is 0 Å². The minimum absolute atomic E-state index is 0.0155. The van der Waals surface area contributed by atoms with Gasteiger partial charge in [0.05, 0.1) is 19.1 Å². The Hall–Kier alpha value is -1.59. The van der Waals surface area contributed by atoms with Crippen LogP contribution in [0.3, 0.4) is 0 Å². The first-order valence-electron chi connectivity index (χ1n) is 7.42. The summed E-state index contributed by atoms with van der Waals surface area (Å²) < 4.78 is 9.97. The molecule has 0 saturated heterocycles. The summed E-state index contributed by atoms with van der Waals surface area (Å²) in [6.45, 7) is 6.17. The molecule has 0 aromatic rings. The van der Waals surface area contributed by atoms with Gasteiger partial charge in [-0.25, -0.2) is 0 Å². The molecule has 0 saturated carbocycles. The maximum Gasteiger partial charge on any atom is 0.308 e. The van der Waals surface area contributed by atoms with Crippen molar-refractivity contribution in [3.8, 4) is 0 Å². The molecule has 0 amide bonds. The number of carbonyl (C=O) groups excluding carboxylic acids is 2. The van der Waals surface area contributed by atoms with Gasteiger partial charge in [-0.3, -0.25) is 14.4 Å². The van der Waals surface area contributed by atoms with Crippen LogP contribution in [0, 0.1) is 11.8 Å². The van der Waals surface area contributed by atoms with E-state index in [-0.39, 0.29) is 43.9 Å². The van der Waals surface area contributed by atoms with Gasteiger partial charge in [0, 0.05) is 12.8 Å². The van der Waals surface area contributed by atoms with Crippen molar-refractivity contribution in [1.82, 2.24) is 0 Å². The minimum Gasteiger partial charge on any atom is -0.481 e. The van der Waals surface area contributed by atoms with Crippen LogP contribution in [0.4, 0.5) is 0 Å². The third kappa shape index (κ3) is 9.87. The van der Waals surface area contributed by atoms with Gasteiger partial charge < -0.3 is 14.6 Å². The Bertz CT molecular complexity index is 339. The molecule has 0 rings (SSSR count). The molecular weight excluding hydrogens is 276 g/mol. The van der Waals surface area contributed by atoms with Crippen molar-refractivity contribution in [3.05, 3.63) is 0 Å². The van der Waals surface area contributed by atoms with Crippen LogP contribution in [0.15, 0.2) is 0 Å². The van der Waals surface area contributed by atoms with Gasteiger partial charge in [-0.05, 0) is 18.8 Å². The van der Waals surface area contributed by atoms with Crippen molar-refractivity contribution in [1.29, 1.82) is 0 Å². The van der Waals surface area contributed by atoms with E-state index in [1.165, 1.54) is 0 Å². The summed E-state index contributed by atoms with van der Waals surface area (Å²) in [7, 11) is 0. The largest absolute Gasteiger partial charge is 0.481 e. The summed E-state index contributed by atoms with van der Waals surface area (Å²) in [5.41, 5.74) is 0. The number of rotatable bonds is 11. The van der Waals surface area contributed by atoms with Crippen molar-refractivity contribution < 1.29 is 29.0 Å². The normalized spacial score (nSPS) is 13.3. The number of ether oxygens (including phenoxy) is 2. The smallest absolute Gasteiger partial charge is 0.308 e. The monoisotopic (exact) mass is 302 g/mol. The van der Waals surface area contributed by atoms with Crippen molar-refractivity contribution in [2.24, 2.45) is 11.8 Å². The van der Waals surface area contributed by atoms with E-state index in [1.807, 2.05) is 20.8 Å². The average Bonchev–Trinajstić information content (AvgIpc) is 2.45. The number of aliphatic carboxylic acids is 1. The molecule has 0 aromatic carbocycles. The lowest BCUT2D eigenvalue weighted by Gasteiger charge is -2.16. The topological polar surface area (TPSA) is 89.9 Å². The van der Waals surface area contributed by atoms with Crippen LogP contribution >= 0.6 is 0 Å². The highest BCUT2D eigenvalue weighted by Crippen LogP contribution is 2.16. The number of carboxylic acids is 1. The maximum absolute atomic E-state index is 11.7. The van der Waals surface area contributed by atoms with Gasteiger partial charge in [0.15, 0.2) is 0 Å². The zero-order valence-corrected chi connectivity index (χ0v) is 13.1. The molecule has 0 spiro atoms. The predicted molar refractivity (Wildman–Crippen MR) is 76.6 cm³/mol. The quantitative estimate of drug-likeness (QED) is 0.465. The number of esters is 2. The van der Waals surface area contributed by atoms with Crippen LogP contribution in [0.25, 0.3) is 0 Å². The lowest BCUT2D eigenvalue weighted by molar-refractivity contribution is -0.151. The van der Waals surface area contributed by atoms with Crippen molar-refractivity contribution >= 4 is 17.9 Å². The van der Waals surface area contributed by atoms with Gasteiger partial charge in [0.2, 0.25) is 0 Å². The highest BCUT2D eigenvalue weighted by Gasteiger charge is 2.20. The molecule has 122 valence electrons. The molecule has 6 heteroatoms. The lowest BCUT2D eigenvalue weighted by atomic mass is 9.94. The molecule has 0 aliphatic heterocycles. The Labute approximate surface area is 125 Å². The SMILES string of the molecule is CCC(C)C(C)C(=O)OCCCC(=O)OCCCC(=O)O. The molecule has 0 radical (unpaired) electrons. The van der Waals surface area contributed by atoms with E-state index in [9.17, 15) is 14.4 Å². The van der Waals surface area contributed by atoms with E-state index in [0.717, 1.165) is 6.42 Å². The summed E-state index contributed by atoms with van der Waals surface area (Å²) in [6, 6.07) is 0. The second kappa shape index (κ2) is 11.1. The van der Waals surface area contributed by atoms with E-state index in [4.69, 9.17) is 14.6 Å². The Morgan fingerprint density at radius 1 is 1.00 bits per heavy atom. The van der Waals surface area contributed by atoms with Crippen LogP contribution in [0.5, 0.6) is 0 Å². The molecular formula is C15H26O6. The highest BCUT2D eigenvalue weighted by atomic mass is 16.5. The van der Waals surface area contributed by atoms with Crippen LogP contribution in [0.2, 0.25) is 0 Å². The number of carboxylic acid groups (broad SMARTS) is 1. The van der Waals surface area contributed by atoms with E-state index in [0.29, 0.717) is 12.8 Å².